The summed E-state index contributed by atoms with van der Waals surface area (Å²) in [6.45, 7) is 9.47. The number of rotatable bonds is 8. The zero-order valence-electron chi connectivity index (χ0n) is 18.1. The standard InChI is InChI=1S/C20H39N5O2.HI/c1-16(2)15-25-10-7-8-17(25)12-21-20(23-14-19(26)24(3)4)22-13-18-9-5-6-11-27-18;/h16-18H,5-15H2,1-4H3,(H2,21,22,23);1H/t17-,18?;/m1./s1. The lowest BCUT2D eigenvalue weighted by atomic mass is 10.1. The van der Waals surface area contributed by atoms with Gasteiger partial charge in [-0.15, -0.1) is 24.0 Å². The molecule has 2 saturated heterocycles. The molecule has 2 fully saturated rings. The van der Waals surface area contributed by atoms with E-state index in [0.29, 0.717) is 12.0 Å². The van der Waals surface area contributed by atoms with E-state index < -0.39 is 0 Å². The summed E-state index contributed by atoms with van der Waals surface area (Å²) in [5.74, 6) is 1.40. The van der Waals surface area contributed by atoms with E-state index in [1.165, 1.54) is 25.8 Å². The van der Waals surface area contributed by atoms with E-state index in [1.54, 1.807) is 19.0 Å². The first-order valence-electron chi connectivity index (χ1n) is 10.5. The van der Waals surface area contributed by atoms with E-state index in [2.05, 4.69) is 34.4 Å². The molecule has 2 heterocycles. The van der Waals surface area contributed by atoms with Crippen molar-refractivity contribution in [2.45, 2.75) is 58.1 Å². The number of halogens is 1. The number of carbonyl (C=O) groups excluding carboxylic acids is 1. The molecule has 2 atom stereocenters. The van der Waals surface area contributed by atoms with E-state index >= 15 is 0 Å². The van der Waals surface area contributed by atoms with Crippen LogP contribution in [0.1, 0.15) is 46.0 Å². The number of aliphatic imine (C=N–C) groups is 1. The number of nitrogens with one attached hydrogen (secondary N) is 2. The number of hydrogen-bond donors (Lipinski definition) is 2. The van der Waals surface area contributed by atoms with Crippen molar-refractivity contribution in [3.63, 3.8) is 0 Å². The summed E-state index contributed by atoms with van der Waals surface area (Å²) in [5.41, 5.74) is 0. The molecule has 164 valence electrons. The summed E-state index contributed by atoms with van der Waals surface area (Å²) >= 11 is 0. The Kier molecular flexibility index (Phi) is 12.3. The van der Waals surface area contributed by atoms with Crippen molar-refractivity contribution in [1.82, 2.24) is 20.4 Å². The quantitative estimate of drug-likeness (QED) is 0.297. The first-order valence-corrected chi connectivity index (χ1v) is 10.5. The lowest BCUT2D eigenvalue weighted by Gasteiger charge is -2.28. The third kappa shape index (κ3) is 9.26. The lowest BCUT2D eigenvalue weighted by molar-refractivity contribution is -0.127. The average Bonchev–Trinajstić information content (AvgIpc) is 3.07. The van der Waals surface area contributed by atoms with E-state index in [9.17, 15) is 4.79 Å². The number of carbonyl (C=O) groups is 1. The second-order valence-corrected chi connectivity index (χ2v) is 8.39. The Hall–Kier alpha value is -0.610. The fourth-order valence-electron chi connectivity index (χ4n) is 3.69. The molecule has 8 heteroatoms. The highest BCUT2D eigenvalue weighted by atomic mass is 127. The zero-order chi connectivity index (χ0) is 19.6. The first kappa shape index (κ1) is 25.4. The SMILES string of the molecule is CC(C)CN1CCC[C@@H]1CNC(=NCC(=O)N(C)C)NCC1CCCCO1.I. The number of ether oxygens (including phenoxy) is 1. The second-order valence-electron chi connectivity index (χ2n) is 8.39. The van der Waals surface area contributed by atoms with Crippen LogP contribution < -0.4 is 10.6 Å². The summed E-state index contributed by atoms with van der Waals surface area (Å²) in [7, 11) is 3.52. The molecular weight excluding hydrogens is 469 g/mol. The van der Waals surface area contributed by atoms with Gasteiger partial charge in [-0.3, -0.25) is 9.69 Å². The van der Waals surface area contributed by atoms with Gasteiger partial charge in [-0.2, -0.15) is 0 Å². The minimum Gasteiger partial charge on any atom is -0.376 e. The van der Waals surface area contributed by atoms with Crippen LogP contribution >= 0.6 is 24.0 Å². The van der Waals surface area contributed by atoms with E-state index in [1.807, 2.05) is 0 Å². The van der Waals surface area contributed by atoms with Crippen molar-refractivity contribution in [2.24, 2.45) is 10.9 Å². The summed E-state index contributed by atoms with van der Waals surface area (Å²) in [6, 6.07) is 0.537. The highest BCUT2D eigenvalue weighted by Crippen LogP contribution is 2.18. The van der Waals surface area contributed by atoms with Gasteiger partial charge in [-0.05, 0) is 44.6 Å². The van der Waals surface area contributed by atoms with Crippen LogP contribution in [0.2, 0.25) is 0 Å². The normalized spacial score (nSPS) is 23.4. The van der Waals surface area contributed by atoms with Gasteiger partial charge in [0.1, 0.15) is 6.54 Å². The zero-order valence-corrected chi connectivity index (χ0v) is 20.4. The van der Waals surface area contributed by atoms with E-state index in [0.717, 1.165) is 45.0 Å². The molecule has 2 aliphatic rings. The van der Waals surface area contributed by atoms with Gasteiger partial charge in [-0.1, -0.05) is 13.8 Å². The highest BCUT2D eigenvalue weighted by Gasteiger charge is 2.25. The summed E-state index contributed by atoms with van der Waals surface area (Å²) in [4.78, 5) is 20.6. The molecule has 0 bridgehead atoms. The van der Waals surface area contributed by atoms with Crippen molar-refractivity contribution in [1.29, 1.82) is 0 Å². The summed E-state index contributed by atoms with van der Waals surface area (Å²) < 4.78 is 5.80. The minimum absolute atomic E-state index is 0. The number of likely N-dealkylation sites (tertiary alicyclic amines) is 1. The van der Waals surface area contributed by atoms with Crippen LogP contribution in [0.15, 0.2) is 4.99 Å². The van der Waals surface area contributed by atoms with Crippen molar-refractivity contribution < 1.29 is 9.53 Å². The molecule has 0 aromatic carbocycles. The maximum absolute atomic E-state index is 11.9. The maximum atomic E-state index is 11.9. The second kappa shape index (κ2) is 13.6. The van der Waals surface area contributed by atoms with Crippen LogP contribution in [0.25, 0.3) is 0 Å². The molecule has 0 aliphatic carbocycles. The summed E-state index contributed by atoms with van der Waals surface area (Å²) in [5, 5.41) is 6.86. The Morgan fingerprint density at radius 2 is 1.93 bits per heavy atom. The van der Waals surface area contributed by atoms with Crippen LogP contribution in [-0.4, -0.2) is 87.2 Å². The Morgan fingerprint density at radius 1 is 1.18 bits per heavy atom. The van der Waals surface area contributed by atoms with Crippen LogP contribution in [0.4, 0.5) is 0 Å². The number of amides is 1. The topological polar surface area (TPSA) is 69.2 Å². The van der Waals surface area contributed by atoms with Crippen LogP contribution in [0, 0.1) is 5.92 Å². The Morgan fingerprint density at radius 3 is 2.57 bits per heavy atom. The predicted molar refractivity (Wildman–Crippen MR) is 125 cm³/mol. The van der Waals surface area contributed by atoms with Gasteiger partial charge in [0, 0.05) is 46.4 Å². The van der Waals surface area contributed by atoms with Crippen molar-refractivity contribution in [2.75, 3.05) is 53.4 Å². The first-order chi connectivity index (χ1) is 13.0. The molecule has 1 amide bonds. The van der Waals surface area contributed by atoms with E-state index in [4.69, 9.17) is 4.74 Å². The Balaban J connectivity index is 0.00000392. The Bertz CT molecular complexity index is 481. The van der Waals surface area contributed by atoms with Crippen LogP contribution in [0.3, 0.4) is 0 Å². The van der Waals surface area contributed by atoms with Gasteiger partial charge < -0.3 is 20.3 Å². The molecule has 0 saturated carbocycles. The van der Waals surface area contributed by atoms with Crippen molar-refractivity contribution in [3.05, 3.63) is 0 Å². The predicted octanol–water partition coefficient (Wildman–Crippen LogP) is 1.92. The van der Waals surface area contributed by atoms with Gasteiger partial charge >= 0.3 is 0 Å². The van der Waals surface area contributed by atoms with Gasteiger partial charge in [0.25, 0.3) is 0 Å². The number of hydrogen-bond acceptors (Lipinski definition) is 4. The van der Waals surface area contributed by atoms with Gasteiger partial charge in [0.05, 0.1) is 6.10 Å². The summed E-state index contributed by atoms with van der Waals surface area (Å²) in [6.07, 6.45) is 6.17. The third-order valence-corrected chi connectivity index (χ3v) is 5.25. The molecule has 0 spiro atoms. The van der Waals surface area contributed by atoms with Crippen LogP contribution in [0.5, 0.6) is 0 Å². The molecule has 0 radical (unpaired) electrons. The molecule has 2 rings (SSSR count). The van der Waals surface area contributed by atoms with Gasteiger partial charge in [0.2, 0.25) is 5.91 Å². The van der Waals surface area contributed by atoms with Crippen LogP contribution in [-0.2, 0) is 9.53 Å². The number of likely N-dealkylation sites (N-methyl/N-ethyl adjacent to an activating group) is 1. The molecule has 0 aromatic rings. The molecule has 1 unspecified atom stereocenters. The molecule has 28 heavy (non-hydrogen) atoms. The fraction of sp³-hybridized carbons (Fsp3) is 0.900. The lowest BCUT2D eigenvalue weighted by Crippen LogP contribution is -2.48. The van der Waals surface area contributed by atoms with E-state index in [-0.39, 0.29) is 42.5 Å². The number of guanidine groups is 1. The fourth-order valence-corrected chi connectivity index (χ4v) is 3.69. The highest BCUT2D eigenvalue weighted by molar-refractivity contribution is 14.0. The van der Waals surface area contributed by atoms with Crippen molar-refractivity contribution >= 4 is 35.8 Å². The molecule has 0 aromatic heterocycles. The maximum Gasteiger partial charge on any atom is 0.243 e. The molecule has 7 nitrogen and oxygen atoms in total. The van der Waals surface area contributed by atoms with Gasteiger partial charge in [-0.25, -0.2) is 4.99 Å². The third-order valence-electron chi connectivity index (χ3n) is 5.25. The average molecular weight is 509 g/mol. The monoisotopic (exact) mass is 509 g/mol. The smallest absolute Gasteiger partial charge is 0.243 e. The van der Waals surface area contributed by atoms with Crippen molar-refractivity contribution in [3.8, 4) is 0 Å². The van der Waals surface area contributed by atoms with Gasteiger partial charge in [0.15, 0.2) is 5.96 Å². The molecule has 2 N–H and O–H groups in total. The molecule has 2 aliphatic heterocycles. The Labute approximate surface area is 188 Å². The minimum atomic E-state index is 0. The number of nitrogens with zero attached hydrogens (tertiary/aromatic N) is 3. The molecular formula is C20H40IN5O2. The largest absolute Gasteiger partial charge is 0.376 e.